The van der Waals surface area contributed by atoms with Crippen molar-refractivity contribution in [1.29, 1.82) is 0 Å². The molecule has 0 radical (unpaired) electrons. The summed E-state index contributed by atoms with van der Waals surface area (Å²) in [7, 11) is 0. The van der Waals surface area contributed by atoms with Crippen molar-refractivity contribution >= 4 is 29.2 Å². The van der Waals surface area contributed by atoms with Crippen LogP contribution < -0.4 is 10.1 Å². The molecule has 0 aliphatic carbocycles. The summed E-state index contributed by atoms with van der Waals surface area (Å²) in [5.41, 5.74) is 1.81. The molecule has 0 spiro atoms. The number of amides is 1. The molecule has 0 aliphatic rings. The van der Waals surface area contributed by atoms with Gasteiger partial charge in [0, 0.05) is 10.7 Å². The Morgan fingerprint density at radius 3 is 2.46 bits per heavy atom. The van der Waals surface area contributed by atoms with Crippen LogP contribution in [0.15, 0.2) is 42.5 Å². The fourth-order valence-electron chi connectivity index (χ4n) is 1.94. The van der Waals surface area contributed by atoms with Crippen LogP contribution in [-0.2, 0) is 9.53 Å². The molecule has 0 aliphatic heterocycles. The van der Waals surface area contributed by atoms with Gasteiger partial charge < -0.3 is 14.8 Å². The normalized spacial score (nSPS) is 10.1. The van der Waals surface area contributed by atoms with E-state index in [0.29, 0.717) is 28.6 Å². The lowest BCUT2D eigenvalue weighted by molar-refractivity contribution is -0.119. The lowest BCUT2D eigenvalue weighted by atomic mass is 10.2. The number of carbonyl (C=O) groups excluding carboxylic acids is 2. The summed E-state index contributed by atoms with van der Waals surface area (Å²) in [5, 5.41) is 3.18. The number of hydrogen-bond donors (Lipinski definition) is 1. The number of aryl methyl sites for hydroxylation is 1. The van der Waals surface area contributed by atoms with Gasteiger partial charge in [0.2, 0.25) is 0 Å². The fraction of sp³-hybridized carbons (Fsp3) is 0.222. The summed E-state index contributed by atoms with van der Waals surface area (Å²) in [6.07, 6.45) is 0. The molecule has 24 heavy (non-hydrogen) atoms. The summed E-state index contributed by atoms with van der Waals surface area (Å²) in [4.78, 5) is 23.7. The van der Waals surface area contributed by atoms with Crippen LogP contribution in [0.3, 0.4) is 0 Å². The molecule has 0 unspecified atom stereocenters. The lowest BCUT2D eigenvalue weighted by Crippen LogP contribution is -2.20. The van der Waals surface area contributed by atoms with Gasteiger partial charge in [-0.05, 0) is 55.8 Å². The Hall–Kier alpha value is -2.53. The zero-order valence-corrected chi connectivity index (χ0v) is 14.2. The number of carbonyl (C=O) groups is 2. The van der Waals surface area contributed by atoms with Crippen molar-refractivity contribution in [3.63, 3.8) is 0 Å². The first-order valence-corrected chi connectivity index (χ1v) is 7.83. The number of halogens is 1. The van der Waals surface area contributed by atoms with Crippen molar-refractivity contribution in [3.05, 3.63) is 58.6 Å². The van der Waals surface area contributed by atoms with Gasteiger partial charge in [0.15, 0.2) is 6.61 Å². The van der Waals surface area contributed by atoms with Gasteiger partial charge in [-0.15, -0.1) is 0 Å². The van der Waals surface area contributed by atoms with Crippen LogP contribution in [0.5, 0.6) is 5.75 Å². The molecule has 2 aromatic carbocycles. The number of nitrogens with one attached hydrogen (secondary N) is 1. The van der Waals surface area contributed by atoms with E-state index in [4.69, 9.17) is 21.1 Å². The number of rotatable bonds is 6. The minimum absolute atomic E-state index is 0.352. The lowest BCUT2D eigenvalue weighted by Gasteiger charge is -2.08. The Morgan fingerprint density at radius 1 is 1.12 bits per heavy atom. The van der Waals surface area contributed by atoms with Crippen LogP contribution in [0, 0.1) is 6.92 Å². The van der Waals surface area contributed by atoms with Crippen molar-refractivity contribution in [1.82, 2.24) is 0 Å². The summed E-state index contributed by atoms with van der Waals surface area (Å²) in [6, 6.07) is 11.7. The van der Waals surface area contributed by atoms with Crippen molar-refractivity contribution < 1.29 is 19.1 Å². The maximum absolute atomic E-state index is 11.9. The number of benzene rings is 2. The van der Waals surface area contributed by atoms with Gasteiger partial charge in [-0.1, -0.05) is 17.7 Å². The van der Waals surface area contributed by atoms with Gasteiger partial charge in [0.1, 0.15) is 5.75 Å². The molecule has 126 valence electrons. The van der Waals surface area contributed by atoms with E-state index >= 15 is 0 Å². The molecule has 0 saturated heterocycles. The molecule has 0 bridgehead atoms. The van der Waals surface area contributed by atoms with E-state index in [1.807, 2.05) is 13.8 Å². The fourth-order valence-corrected chi connectivity index (χ4v) is 2.12. The largest absolute Gasteiger partial charge is 0.494 e. The molecule has 5 nitrogen and oxygen atoms in total. The molecular formula is C18H18ClNO4. The van der Waals surface area contributed by atoms with E-state index in [1.165, 1.54) is 0 Å². The van der Waals surface area contributed by atoms with Crippen LogP contribution in [0.2, 0.25) is 5.02 Å². The minimum atomic E-state index is -0.574. The Morgan fingerprint density at radius 2 is 1.83 bits per heavy atom. The van der Waals surface area contributed by atoms with E-state index in [0.717, 1.165) is 5.56 Å². The number of anilines is 1. The third kappa shape index (κ3) is 4.99. The second-order valence-electron chi connectivity index (χ2n) is 5.05. The molecule has 0 saturated carbocycles. The molecule has 2 aromatic rings. The van der Waals surface area contributed by atoms with E-state index < -0.39 is 11.9 Å². The number of ether oxygens (including phenoxy) is 2. The first-order valence-electron chi connectivity index (χ1n) is 7.45. The van der Waals surface area contributed by atoms with Crippen LogP contribution in [0.4, 0.5) is 5.69 Å². The second-order valence-corrected chi connectivity index (χ2v) is 5.45. The van der Waals surface area contributed by atoms with Gasteiger partial charge in [-0.25, -0.2) is 4.79 Å². The standard InChI is InChI=1S/C18H18ClNO4/c1-3-23-15-8-5-13(6-9-15)18(22)24-11-17(21)20-14-7-4-12(2)16(19)10-14/h4-10H,3,11H2,1-2H3,(H,20,21). The van der Waals surface area contributed by atoms with Crippen LogP contribution >= 0.6 is 11.6 Å². The molecule has 6 heteroatoms. The zero-order valence-electron chi connectivity index (χ0n) is 13.5. The first kappa shape index (κ1) is 17.8. The Labute approximate surface area is 145 Å². The van der Waals surface area contributed by atoms with Crippen LogP contribution in [0.25, 0.3) is 0 Å². The second kappa shape index (κ2) is 8.36. The summed E-state index contributed by atoms with van der Waals surface area (Å²) >= 11 is 5.99. The molecular weight excluding hydrogens is 330 g/mol. The van der Waals surface area contributed by atoms with E-state index in [1.54, 1.807) is 42.5 Å². The van der Waals surface area contributed by atoms with E-state index in [9.17, 15) is 9.59 Å². The van der Waals surface area contributed by atoms with Gasteiger partial charge in [-0.3, -0.25) is 4.79 Å². The van der Waals surface area contributed by atoms with Gasteiger partial charge in [-0.2, -0.15) is 0 Å². The third-order valence-corrected chi connectivity index (χ3v) is 3.60. The molecule has 1 N–H and O–H groups in total. The highest BCUT2D eigenvalue weighted by Crippen LogP contribution is 2.20. The van der Waals surface area contributed by atoms with Crippen molar-refractivity contribution in [2.75, 3.05) is 18.5 Å². The zero-order chi connectivity index (χ0) is 17.5. The quantitative estimate of drug-likeness (QED) is 0.806. The maximum Gasteiger partial charge on any atom is 0.338 e. The SMILES string of the molecule is CCOc1ccc(C(=O)OCC(=O)Nc2ccc(C)c(Cl)c2)cc1. The molecule has 2 rings (SSSR count). The molecule has 0 fully saturated rings. The molecule has 1 amide bonds. The average Bonchev–Trinajstić information content (AvgIpc) is 2.57. The van der Waals surface area contributed by atoms with Crippen LogP contribution in [0.1, 0.15) is 22.8 Å². The van der Waals surface area contributed by atoms with Gasteiger partial charge >= 0.3 is 5.97 Å². The predicted molar refractivity (Wildman–Crippen MR) is 92.7 cm³/mol. The monoisotopic (exact) mass is 347 g/mol. The Balaban J connectivity index is 1.86. The van der Waals surface area contributed by atoms with Gasteiger partial charge in [0.25, 0.3) is 5.91 Å². The average molecular weight is 348 g/mol. The molecule has 0 heterocycles. The Bertz CT molecular complexity index is 728. The number of esters is 1. The Kier molecular flexibility index (Phi) is 6.21. The summed E-state index contributed by atoms with van der Waals surface area (Å²) in [6.45, 7) is 3.92. The highest BCUT2D eigenvalue weighted by molar-refractivity contribution is 6.31. The first-order chi connectivity index (χ1) is 11.5. The summed E-state index contributed by atoms with van der Waals surface area (Å²) < 4.78 is 10.3. The minimum Gasteiger partial charge on any atom is -0.494 e. The van der Waals surface area contributed by atoms with Crippen molar-refractivity contribution in [3.8, 4) is 5.75 Å². The van der Waals surface area contributed by atoms with E-state index in [2.05, 4.69) is 5.32 Å². The van der Waals surface area contributed by atoms with Gasteiger partial charge in [0.05, 0.1) is 12.2 Å². The van der Waals surface area contributed by atoms with Crippen molar-refractivity contribution in [2.45, 2.75) is 13.8 Å². The third-order valence-electron chi connectivity index (χ3n) is 3.19. The predicted octanol–water partition coefficient (Wildman–Crippen LogP) is 3.84. The topological polar surface area (TPSA) is 64.6 Å². The maximum atomic E-state index is 11.9. The van der Waals surface area contributed by atoms with E-state index in [-0.39, 0.29) is 6.61 Å². The highest BCUT2D eigenvalue weighted by atomic mass is 35.5. The smallest absolute Gasteiger partial charge is 0.338 e. The molecule has 0 atom stereocenters. The van der Waals surface area contributed by atoms with Crippen LogP contribution in [-0.4, -0.2) is 25.1 Å². The summed E-state index contributed by atoms with van der Waals surface area (Å²) in [5.74, 6) is -0.340. The number of hydrogen-bond acceptors (Lipinski definition) is 4. The molecule has 0 aromatic heterocycles. The highest BCUT2D eigenvalue weighted by Gasteiger charge is 2.11. The van der Waals surface area contributed by atoms with Crippen molar-refractivity contribution in [2.24, 2.45) is 0 Å².